The second kappa shape index (κ2) is 8.52. The number of halogens is 4. The second-order valence-electron chi connectivity index (χ2n) is 2.07. The molecule has 0 bridgehead atoms. The van der Waals surface area contributed by atoms with Crippen molar-refractivity contribution < 1.29 is 0 Å². The summed E-state index contributed by atoms with van der Waals surface area (Å²) in [5.41, 5.74) is 0. The van der Waals surface area contributed by atoms with Crippen LogP contribution in [0.3, 0.4) is 0 Å². The van der Waals surface area contributed by atoms with E-state index in [1.807, 2.05) is 0 Å². The number of hydrogen-bond acceptors (Lipinski definition) is 0. The smallest absolute Gasteiger partial charge is 0.0626 e. The molecule has 0 saturated carbocycles. The van der Waals surface area contributed by atoms with Crippen molar-refractivity contribution in [1.29, 1.82) is 0 Å². The molecule has 0 amide bonds. The van der Waals surface area contributed by atoms with Gasteiger partial charge in [0.25, 0.3) is 0 Å². The minimum atomic E-state index is 0.831. The molecule has 0 nitrogen and oxygen atoms in total. The molecule has 0 atom stereocenters. The molecule has 0 spiro atoms. The molecule has 0 aromatic rings. The van der Waals surface area contributed by atoms with E-state index in [4.69, 9.17) is 0 Å². The molecule has 0 aromatic heterocycles. The van der Waals surface area contributed by atoms with Crippen molar-refractivity contribution >= 4 is 90.4 Å². The Kier molecular flexibility index (Phi) is 11.0. The van der Waals surface area contributed by atoms with Crippen LogP contribution in [0.4, 0.5) is 0 Å². The summed E-state index contributed by atoms with van der Waals surface area (Å²) < 4.78 is 1.66. The van der Waals surface area contributed by atoms with Gasteiger partial charge in [0.15, 0.2) is 0 Å². The van der Waals surface area contributed by atoms with Crippen LogP contribution in [0.25, 0.3) is 0 Å². The van der Waals surface area contributed by atoms with Gasteiger partial charge in [-0.25, -0.2) is 0 Å². The molecule has 0 radical (unpaired) electrons. The van der Waals surface area contributed by atoms with E-state index < -0.39 is 0 Å². The molecule has 62 valence electrons. The molecule has 0 fully saturated rings. The van der Waals surface area contributed by atoms with Crippen LogP contribution < -0.4 is 0 Å². The van der Waals surface area contributed by atoms with Crippen molar-refractivity contribution in [2.45, 2.75) is 29.5 Å². The molecule has 4 heteroatoms. The highest BCUT2D eigenvalue weighted by Crippen LogP contribution is 2.21. The Morgan fingerprint density at radius 3 is 1.20 bits per heavy atom. The largest absolute Gasteiger partial charge is 0.0710 e. The Labute approximate surface area is 118 Å². The van der Waals surface area contributed by atoms with Gasteiger partial charge in [-0.2, -0.15) is 0 Å². The number of rotatable bonds is 5. The van der Waals surface area contributed by atoms with Crippen molar-refractivity contribution in [1.82, 2.24) is 0 Å². The zero-order valence-electron chi connectivity index (χ0n) is 5.49. The predicted octanol–water partition coefficient (Wildman–Crippen LogP) is 4.94. The van der Waals surface area contributed by atoms with Crippen LogP contribution in [0.2, 0.25) is 0 Å². The van der Waals surface area contributed by atoms with Crippen LogP contribution in [-0.2, 0) is 0 Å². The van der Waals surface area contributed by atoms with Gasteiger partial charge in [-0.3, -0.25) is 0 Å². The maximum atomic E-state index is 2.48. The fraction of sp³-hybridized carbons (Fsp3) is 1.00. The number of hydrogen-bond donors (Lipinski definition) is 0. The molecule has 0 aliphatic carbocycles. The first-order valence-corrected chi connectivity index (χ1v) is 8.17. The number of alkyl halides is 4. The van der Waals surface area contributed by atoms with Gasteiger partial charge in [-0.1, -0.05) is 103 Å². The molecule has 0 aliphatic heterocycles. The summed E-state index contributed by atoms with van der Waals surface area (Å²) in [5.74, 6) is 0. The van der Waals surface area contributed by atoms with E-state index >= 15 is 0 Å². The zero-order valence-corrected chi connectivity index (χ0v) is 14.1. The third kappa shape index (κ3) is 10.9. The van der Waals surface area contributed by atoms with Gasteiger partial charge in [-0.05, 0) is 12.8 Å². The van der Waals surface area contributed by atoms with E-state index in [1.165, 1.54) is 25.7 Å². The Hall–Kier alpha value is 2.92. The van der Waals surface area contributed by atoms with Gasteiger partial charge in [0.05, 0.1) is 3.86 Å². The summed E-state index contributed by atoms with van der Waals surface area (Å²) in [6.45, 7) is 0. The Balaban J connectivity index is 2.91. The fourth-order valence-corrected chi connectivity index (χ4v) is 2.36. The normalized spacial score (nSPS) is 11.4. The summed E-state index contributed by atoms with van der Waals surface area (Å²) >= 11 is 9.93. The van der Waals surface area contributed by atoms with Crippen LogP contribution in [0.15, 0.2) is 0 Å². The predicted molar refractivity (Wildman–Crippen MR) is 82.1 cm³/mol. The van der Waals surface area contributed by atoms with Crippen molar-refractivity contribution in [2.24, 2.45) is 0 Å². The minimum Gasteiger partial charge on any atom is -0.0710 e. The molecule has 10 heavy (non-hydrogen) atoms. The van der Waals surface area contributed by atoms with Crippen LogP contribution in [0.1, 0.15) is 25.7 Å². The van der Waals surface area contributed by atoms with Gasteiger partial charge < -0.3 is 0 Å². The van der Waals surface area contributed by atoms with E-state index in [0.29, 0.717) is 0 Å². The van der Waals surface area contributed by atoms with Crippen LogP contribution in [-0.4, -0.2) is 3.86 Å². The molecule has 0 aliphatic rings. The lowest BCUT2D eigenvalue weighted by Crippen LogP contribution is -1.88. The van der Waals surface area contributed by atoms with E-state index in [2.05, 4.69) is 90.4 Å². The van der Waals surface area contributed by atoms with Crippen LogP contribution >= 0.6 is 90.4 Å². The fourth-order valence-electron chi connectivity index (χ4n) is 0.597. The topological polar surface area (TPSA) is 0 Å². The summed E-state index contributed by atoms with van der Waals surface area (Å²) in [6.07, 6.45) is 5.56. The number of unbranched alkanes of at least 4 members (excludes halogenated alkanes) is 1. The lowest BCUT2D eigenvalue weighted by Gasteiger charge is -2.02. The molecular weight excluding hydrogens is 580 g/mol. The van der Waals surface area contributed by atoms with Gasteiger partial charge in [0.1, 0.15) is 0 Å². The molecule has 0 rings (SSSR count). The van der Waals surface area contributed by atoms with Gasteiger partial charge in [0, 0.05) is 0 Å². The average Bonchev–Trinajstić information content (AvgIpc) is 1.79. The van der Waals surface area contributed by atoms with Crippen molar-refractivity contribution in [3.05, 3.63) is 0 Å². The molecule has 0 heterocycles. The Bertz CT molecular complexity index is 62.1. The van der Waals surface area contributed by atoms with E-state index in [1.54, 1.807) is 0 Å². The highest BCUT2D eigenvalue weighted by atomic mass is 127. The van der Waals surface area contributed by atoms with Gasteiger partial charge >= 0.3 is 0 Å². The monoisotopic (exact) mass is 590 g/mol. The first-order chi connectivity index (χ1) is 4.63. The SMILES string of the molecule is IC(I)CCCCC(I)I. The first kappa shape index (κ1) is 12.9. The summed E-state index contributed by atoms with van der Waals surface area (Å²) in [5, 5.41) is 0. The molecule has 0 unspecified atom stereocenters. The highest BCUT2D eigenvalue weighted by molar-refractivity contribution is 14.2. The third-order valence-electron chi connectivity index (χ3n) is 1.09. The lowest BCUT2D eigenvalue weighted by molar-refractivity contribution is 0.710. The highest BCUT2D eigenvalue weighted by Gasteiger charge is 1.99. The van der Waals surface area contributed by atoms with E-state index in [0.717, 1.165) is 3.86 Å². The van der Waals surface area contributed by atoms with Crippen LogP contribution in [0, 0.1) is 0 Å². The Morgan fingerprint density at radius 2 is 1.00 bits per heavy atom. The van der Waals surface area contributed by atoms with Crippen molar-refractivity contribution in [3.63, 3.8) is 0 Å². The Morgan fingerprint density at radius 1 is 0.700 bits per heavy atom. The lowest BCUT2D eigenvalue weighted by atomic mass is 10.2. The maximum absolute atomic E-state index is 2.48. The average molecular weight is 590 g/mol. The standard InChI is InChI=1S/C6H10I4/c7-5(8)3-1-2-4-6(9)10/h5-6H,1-4H2. The van der Waals surface area contributed by atoms with E-state index in [9.17, 15) is 0 Å². The minimum absolute atomic E-state index is 0.831. The van der Waals surface area contributed by atoms with Gasteiger partial charge in [-0.15, -0.1) is 0 Å². The summed E-state index contributed by atoms with van der Waals surface area (Å²) in [4.78, 5) is 0. The van der Waals surface area contributed by atoms with Crippen LogP contribution in [0.5, 0.6) is 0 Å². The molecule has 0 N–H and O–H groups in total. The quantitative estimate of drug-likeness (QED) is 0.242. The third-order valence-corrected chi connectivity index (χ3v) is 3.59. The second-order valence-corrected chi connectivity index (χ2v) is 12.8. The molecule has 0 aromatic carbocycles. The first-order valence-electron chi connectivity index (χ1n) is 3.19. The van der Waals surface area contributed by atoms with Crippen molar-refractivity contribution in [3.8, 4) is 0 Å². The van der Waals surface area contributed by atoms with Crippen molar-refractivity contribution in [2.75, 3.05) is 0 Å². The molecule has 0 saturated heterocycles. The maximum Gasteiger partial charge on any atom is 0.0626 e. The summed E-state index contributed by atoms with van der Waals surface area (Å²) in [6, 6.07) is 0. The zero-order chi connectivity index (χ0) is 7.98. The van der Waals surface area contributed by atoms with Gasteiger partial charge in [0.2, 0.25) is 0 Å². The van der Waals surface area contributed by atoms with E-state index in [-0.39, 0.29) is 0 Å². The summed E-state index contributed by atoms with van der Waals surface area (Å²) in [7, 11) is 0. The molecular formula is C6H10I4.